The number of thioether (sulfide) groups is 1. The van der Waals surface area contributed by atoms with Crippen LogP contribution in [0.15, 0.2) is 53.4 Å². The van der Waals surface area contributed by atoms with E-state index in [1.807, 2.05) is 24.8 Å². The molecule has 2 N–H and O–H groups in total. The number of esters is 1. The second-order valence-electron chi connectivity index (χ2n) is 8.14. The van der Waals surface area contributed by atoms with Crippen LogP contribution in [0.25, 0.3) is 5.57 Å². The predicted octanol–water partition coefficient (Wildman–Crippen LogP) is 4.81. The molecular weight excluding hydrogens is 490 g/mol. The van der Waals surface area contributed by atoms with Crippen molar-refractivity contribution >= 4 is 46.8 Å². The summed E-state index contributed by atoms with van der Waals surface area (Å²) in [5.74, 6) is -2.67. The number of carboxylic acid groups (broad SMARTS) is 2. The monoisotopic (exact) mass is 517 g/mol. The van der Waals surface area contributed by atoms with Gasteiger partial charge in [-0.25, -0.2) is 9.59 Å². The van der Waals surface area contributed by atoms with Gasteiger partial charge in [0.05, 0.1) is 12.5 Å². The minimum absolute atomic E-state index is 0.0382. The molecule has 2 aliphatic rings. The van der Waals surface area contributed by atoms with Gasteiger partial charge in [0.25, 0.3) is 0 Å². The molecule has 2 aromatic rings. The van der Waals surface area contributed by atoms with Gasteiger partial charge in [-0.15, -0.1) is 11.8 Å². The van der Waals surface area contributed by atoms with Gasteiger partial charge < -0.3 is 14.9 Å². The van der Waals surface area contributed by atoms with E-state index < -0.39 is 11.9 Å². The standard InChI is InChI=1S/C24H26ClNO2S.C2H2O4/c1-2-28-24(27)17-9-12-26(13-10-17)14-11-21-20-6-4-3-5-18(20)16-29-23-8-7-19(25)15-22(21)23;3-1(4)2(5)6/h3-8,11,15,17H,2,9-10,12-14,16H2,1H3;(H,3,4)(H,5,6). The zero-order valence-electron chi connectivity index (χ0n) is 19.4. The lowest BCUT2D eigenvalue weighted by Crippen LogP contribution is -2.37. The summed E-state index contributed by atoms with van der Waals surface area (Å²) >= 11 is 8.22. The van der Waals surface area contributed by atoms with Crippen molar-refractivity contribution in [3.05, 3.63) is 70.3 Å². The number of piperidine rings is 1. The average molecular weight is 518 g/mol. The third kappa shape index (κ3) is 7.34. The molecule has 1 fully saturated rings. The van der Waals surface area contributed by atoms with Crippen molar-refractivity contribution < 1.29 is 29.3 Å². The molecular formula is C26H28ClNO6S. The van der Waals surface area contributed by atoms with E-state index in [9.17, 15) is 4.79 Å². The summed E-state index contributed by atoms with van der Waals surface area (Å²) in [5.41, 5.74) is 5.13. The Labute approximate surface area is 213 Å². The number of carbonyl (C=O) groups is 3. The highest BCUT2D eigenvalue weighted by Gasteiger charge is 2.26. The van der Waals surface area contributed by atoms with Gasteiger partial charge in [0.1, 0.15) is 0 Å². The first-order valence-corrected chi connectivity index (χ1v) is 12.7. The average Bonchev–Trinajstić information content (AvgIpc) is 3.00. The van der Waals surface area contributed by atoms with Crippen LogP contribution in [-0.2, 0) is 24.9 Å². The van der Waals surface area contributed by atoms with E-state index in [4.69, 9.17) is 36.1 Å². The highest BCUT2D eigenvalue weighted by atomic mass is 35.5. The van der Waals surface area contributed by atoms with Gasteiger partial charge >= 0.3 is 17.9 Å². The van der Waals surface area contributed by atoms with Gasteiger partial charge in [0.2, 0.25) is 0 Å². The number of fused-ring (bicyclic) bond motifs is 2. The number of aliphatic carboxylic acids is 2. The molecule has 2 aromatic carbocycles. The van der Waals surface area contributed by atoms with Gasteiger partial charge in [-0.2, -0.15) is 0 Å². The molecule has 0 aliphatic carbocycles. The maximum atomic E-state index is 12.0. The first-order valence-electron chi connectivity index (χ1n) is 11.4. The van der Waals surface area contributed by atoms with Crippen LogP contribution in [0.3, 0.4) is 0 Å². The molecule has 7 nitrogen and oxygen atoms in total. The molecule has 4 rings (SSSR count). The number of likely N-dealkylation sites (tertiary alicyclic amines) is 1. The number of carbonyl (C=O) groups excluding carboxylic acids is 1. The summed E-state index contributed by atoms with van der Waals surface area (Å²) in [6.07, 6.45) is 4.08. The molecule has 35 heavy (non-hydrogen) atoms. The van der Waals surface area contributed by atoms with Crippen LogP contribution in [0.4, 0.5) is 0 Å². The molecule has 186 valence electrons. The molecule has 0 radical (unpaired) electrons. The molecule has 0 amide bonds. The van der Waals surface area contributed by atoms with Gasteiger partial charge in [-0.05, 0) is 73.3 Å². The summed E-state index contributed by atoms with van der Waals surface area (Å²) in [6.45, 7) is 5.05. The molecule has 0 bridgehead atoms. The zero-order chi connectivity index (χ0) is 25.4. The van der Waals surface area contributed by atoms with Crippen molar-refractivity contribution in [3.63, 3.8) is 0 Å². The van der Waals surface area contributed by atoms with E-state index in [-0.39, 0.29) is 11.9 Å². The molecule has 0 unspecified atom stereocenters. The molecule has 0 atom stereocenters. The number of ether oxygens (including phenoxy) is 1. The highest BCUT2D eigenvalue weighted by Crippen LogP contribution is 2.41. The summed E-state index contributed by atoms with van der Waals surface area (Å²) < 4.78 is 5.19. The first-order chi connectivity index (χ1) is 16.8. The van der Waals surface area contributed by atoms with E-state index in [2.05, 4.69) is 47.4 Å². The third-order valence-electron chi connectivity index (χ3n) is 5.87. The number of hydrogen-bond acceptors (Lipinski definition) is 6. The van der Waals surface area contributed by atoms with E-state index in [1.54, 1.807) is 0 Å². The Morgan fingerprint density at radius 1 is 1.09 bits per heavy atom. The topological polar surface area (TPSA) is 104 Å². The number of rotatable bonds is 4. The van der Waals surface area contributed by atoms with Crippen LogP contribution < -0.4 is 0 Å². The molecule has 9 heteroatoms. The summed E-state index contributed by atoms with van der Waals surface area (Å²) in [4.78, 5) is 33.9. The van der Waals surface area contributed by atoms with Crippen LogP contribution in [0.1, 0.15) is 36.5 Å². The van der Waals surface area contributed by atoms with Crippen LogP contribution in [0.2, 0.25) is 5.02 Å². The van der Waals surface area contributed by atoms with Crippen LogP contribution in [-0.4, -0.2) is 59.3 Å². The number of hydrogen-bond donors (Lipinski definition) is 2. The lowest BCUT2D eigenvalue weighted by Gasteiger charge is -2.30. The number of halogens is 1. The van der Waals surface area contributed by atoms with Crippen molar-refractivity contribution in [1.29, 1.82) is 0 Å². The maximum Gasteiger partial charge on any atom is 0.414 e. The van der Waals surface area contributed by atoms with E-state index in [0.29, 0.717) is 6.61 Å². The first kappa shape index (κ1) is 26.8. The second kappa shape index (κ2) is 12.8. The third-order valence-corrected chi connectivity index (χ3v) is 7.22. The largest absolute Gasteiger partial charge is 0.473 e. The molecule has 0 spiro atoms. The van der Waals surface area contributed by atoms with Crippen LogP contribution in [0.5, 0.6) is 0 Å². The zero-order valence-corrected chi connectivity index (χ0v) is 21.0. The maximum absolute atomic E-state index is 12.0. The van der Waals surface area contributed by atoms with Crippen molar-refractivity contribution in [3.8, 4) is 0 Å². The smallest absolute Gasteiger partial charge is 0.414 e. The molecule has 0 aromatic heterocycles. The molecule has 2 heterocycles. The fraction of sp³-hybridized carbons (Fsp3) is 0.346. The molecule has 0 saturated carbocycles. The van der Waals surface area contributed by atoms with Crippen LogP contribution in [0, 0.1) is 5.92 Å². The van der Waals surface area contributed by atoms with E-state index in [1.165, 1.54) is 27.2 Å². The fourth-order valence-corrected chi connectivity index (χ4v) is 5.32. The van der Waals surface area contributed by atoms with Crippen molar-refractivity contribution in [1.82, 2.24) is 4.90 Å². The van der Waals surface area contributed by atoms with E-state index in [0.717, 1.165) is 43.3 Å². The highest BCUT2D eigenvalue weighted by molar-refractivity contribution is 7.98. The minimum Gasteiger partial charge on any atom is -0.473 e. The summed E-state index contributed by atoms with van der Waals surface area (Å²) in [6, 6.07) is 14.8. The van der Waals surface area contributed by atoms with Crippen molar-refractivity contribution in [2.24, 2.45) is 5.92 Å². The lowest BCUT2D eigenvalue weighted by molar-refractivity contribution is -0.159. The van der Waals surface area contributed by atoms with Gasteiger partial charge in [-0.1, -0.05) is 41.9 Å². The number of nitrogens with zero attached hydrogens (tertiary/aromatic N) is 1. The molecule has 1 saturated heterocycles. The lowest BCUT2D eigenvalue weighted by atomic mass is 9.93. The van der Waals surface area contributed by atoms with Crippen LogP contribution >= 0.6 is 23.4 Å². The molecule has 2 aliphatic heterocycles. The summed E-state index contributed by atoms with van der Waals surface area (Å²) in [7, 11) is 0. The quantitative estimate of drug-likeness (QED) is 0.440. The predicted molar refractivity (Wildman–Crippen MR) is 136 cm³/mol. The van der Waals surface area contributed by atoms with Crippen molar-refractivity contribution in [2.75, 3.05) is 26.2 Å². The number of benzene rings is 2. The van der Waals surface area contributed by atoms with E-state index >= 15 is 0 Å². The Morgan fingerprint density at radius 3 is 2.43 bits per heavy atom. The fourth-order valence-electron chi connectivity index (χ4n) is 4.10. The second-order valence-corrected chi connectivity index (χ2v) is 9.59. The van der Waals surface area contributed by atoms with Gasteiger partial charge in [0, 0.05) is 22.2 Å². The Bertz CT molecular complexity index is 1100. The SMILES string of the molecule is CCOC(=O)C1CCN(CC=C2c3ccccc3CSc3ccc(Cl)cc32)CC1.O=C(O)C(=O)O. The Hall–Kier alpha value is -2.81. The Morgan fingerprint density at radius 2 is 1.77 bits per heavy atom. The van der Waals surface area contributed by atoms with Crippen molar-refractivity contribution in [2.45, 2.75) is 30.4 Å². The Balaban J connectivity index is 0.000000509. The number of carboxylic acids is 2. The Kier molecular flexibility index (Phi) is 9.77. The normalized spacial score (nSPS) is 16.8. The summed E-state index contributed by atoms with van der Waals surface area (Å²) in [5, 5.41) is 15.6. The van der Waals surface area contributed by atoms with Gasteiger partial charge in [-0.3, -0.25) is 9.69 Å². The van der Waals surface area contributed by atoms with Gasteiger partial charge in [0.15, 0.2) is 0 Å². The minimum atomic E-state index is -1.82.